The Kier molecular flexibility index (Phi) is 4.86. The molecule has 3 rings (SSSR count). The van der Waals surface area contributed by atoms with Crippen LogP contribution in [0.1, 0.15) is 48.5 Å². The lowest BCUT2D eigenvalue weighted by Gasteiger charge is -2.24. The quantitative estimate of drug-likeness (QED) is 0.907. The molecule has 5 nitrogen and oxygen atoms in total. The van der Waals surface area contributed by atoms with E-state index in [1.165, 1.54) is 26.4 Å². The summed E-state index contributed by atoms with van der Waals surface area (Å²) in [6.07, 6.45) is 7.62. The maximum atomic E-state index is 12.6. The molecular formula is C17H20ClN3O2. The summed E-state index contributed by atoms with van der Waals surface area (Å²) < 4.78 is 7.17. The number of hydrogen-bond donors (Lipinski definition) is 1. The van der Waals surface area contributed by atoms with E-state index in [4.69, 9.17) is 16.3 Å². The molecule has 0 spiro atoms. The van der Waals surface area contributed by atoms with Crippen molar-refractivity contribution in [2.45, 2.75) is 38.1 Å². The van der Waals surface area contributed by atoms with Crippen molar-refractivity contribution >= 4 is 23.3 Å². The summed E-state index contributed by atoms with van der Waals surface area (Å²) in [4.78, 5) is 12.6. The number of amides is 1. The number of benzene rings is 1. The van der Waals surface area contributed by atoms with Gasteiger partial charge < -0.3 is 10.1 Å². The number of hydrogen-bond acceptors (Lipinski definition) is 3. The molecule has 0 radical (unpaired) electrons. The van der Waals surface area contributed by atoms with E-state index in [-0.39, 0.29) is 5.91 Å². The van der Waals surface area contributed by atoms with Crippen molar-refractivity contribution in [2.24, 2.45) is 0 Å². The Morgan fingerprint density at radius 3 is 2.83 bits per heavy atom. The van der Waals surface area contributed by atoms with Crippen LogP contribution in [0.3, 0.4) is 0 Å². The minimum absolute atomic E-state index is 0.248. The van der Waals surface area contributed by atoms with Crippen LogP contribution >= 0.6 is 11.6 Å². The molecule has 122 valence electrons. The fraction of sp³-hybridized carbons (Fsp3) is 0.412. The first kappa shape index (κ1) is 15.9. The molecule has 6 heteroatoms. The van der Waals surface area contributed by atoms with Crippen molar-refractivity contribution in [3.63, 3.8) is 0 Å². The van der Waals surface area contributed by atoms with E-state index in [1.807, 2.05) is 10.7 Å². The third-order valence-electron chi connectivity index (χ3n) is 4.24. The Bertz CT molecular complexity index is 693. The van der Waals surface area contributed by atoms with Gasteiger partial charge in [-0.25, -0.2) is 4.68 Å². The highest BCUT2D eigenvalue weighted by Crippen LogP contribution is 2.30. The van der Waals surface area contributed by atoms with E-state index in [9.17, 15) is 4.79 Å². The summed E-state index contributed by atoms with van der Waals surface area (Å²) >= 11 is 6.00. The second kappa shape index (κ2) is 7.04. The predicted molar refractivity (Wildman–Crippen MR) is 90.3 cm³/mol. The van der Waals surface area contributed by atoms with E-state index in [0.717, 1.165) is 12.8 Å². The first-order chi connectivity index (χ1) is 11.2. The number of aromatic nitrogens is 2. The lowest BCUT2D eigenvalue weighted by atomic mass is 9.96. The third-order valence-corrected chi connectivity index (χ3v) is 4.47. The van der Waals surface area contributed by atoms with Gasteiger partial charge in [0.05, 0.1) is 24.9 Å². The number of rotatable bonds is 4. The second-order valence-electron chi connectivity index (χ2n) is 5.75. The van der Waals surface area contributed by atoms with E-state index in [0.29, 0.717) is 28.2 Å². The topological polar surface area (TPSA) is 56.1 Å². The Hall–Kier alpha value is -2.01. The molecule has 23 heavy (non-hydrogen) atoms. The number of nitrogens with zero attached hydrogens (tertiary/aromatic N) is 2. The second-order valence-corrected chi connectivity index (χ2v) is 6.19. The molecule has 1 aromatic heterocycles. The van der Waals surface area contributed by atoms with Crippen LogP contribution in [0.4, 0.5) is 5.82 Å². The highest BCUT2D eigenvalue weighted by molar-refractivity contribution is 6.31. The smallest absolute Gasteiger partial charge is 0.260 e. The Labute approximate surface area is 140 Å². The first-order valence-electron chi connectivity index (χ1n) is 7.87. The number of nitrogens with one attached hydrogen (secondary N) is 1. The number of anilines is 1. The largest absolute Gasteiger partial charge is 0.496 e. The van der Waals surface area contributed by atoms with E-state index < -0.39 is 0 Å². The van der Waals surface area contributed by atoms with Crippen molar-refractivity contribution in [1.29, 1.82) is 0 Å². The number of ether oxygens (including phenoxy) is 1. The predicted octanol–water partition coefficient (Wildman–Crippen LogP) is 4.30. The van der Waals surface area contributed by atoms with E-state index in [2.05, 4.69) is 10.4 Å². The first-order valence-corrected chi connectivity index (χ1v) is 8.25. The van der Waals surface area contributed by atoms with Crippen molar-refractivity contribution in [3.8, 4) is 5.75 Å². The minimum Gasteiger partial charge on any atom is -0.496 e. The number of carbonyl (C=O) groups is 1. The zero-order valence-electron chi connectivity index (χ0n) is 13.1. The summed E-state index contributed by atoms with van der Waals surface area (Å²) in [7, 11) is 1.53. The number of carbonyl (C=O) groups excluding carboxylic acids is 1. The SMILES string of the molecule is COc1ccc(Cl)cc1C(=O)Nc1ccnn1C1CCCCC1. The summed E-state index contributed by atoms with van der Waals surface area (Å²) in [5.41, 5.74) is 0.413. The summed E-state index contributed by atoms with van der Waals surface area (Å²) in [6.45, 7) is 0. The van der Waals surface area contributed by atoms with Gasteiger partial charge in [-0.2, -0.15) is 5.10 Å². The van der Waals surface area contributed by atoms with Gasteiger partial charge in [0.25, 0.3) is 5.91 Å². The Morgan fingerprint density at radius 2 is 2.09 bits per heavy atom. The molecule has 1 N–H and O–H groups in total. The van der Waals surface area contributed by atoms with Gasteiger partial charge in [-0.15, -0.1) is 0 Å². The van der Waals surface area contributed by atoms with Crippen LogP contribution in [-0.2, 0) is 0 Å². The molecule has 1 fully saturated rings. The van der Waals surface area contributed by atoms with Crippen LogP contribution in [0.15, 0.2) is 30.5 Å². The van der Waals surface area contributed by atoms with Crippen LogP contribution in [0.5, 0.6) is 5.75 Å². The van der Waals surface area contributed by atoms with Crippen LogP contribution in [0, 0.1) is 0 Å². The van der Waals surface area contributed by atoms with Crippen molar-refractivity contribution in [3.05, 3.63) is 41.0 Å². The van der Waals surface area contributed by atoms with E-state index >= 15 is 0 Å². The van der Waals surface area contributed by atoms with Gasteiger partial charge in [0.2, 0.25) is 0 Å². The van der Waals surface area contributed by atoms with Gasteiger partial charge in [-0.3, -0.25) is 4.79 Å². The van der Waals surface area contributed by atoms with Crippen molar-refractivity contribution in [1.82, 2.24) is 9.78 Å². The van der Waals surface area contributed by atoms with Gasteiger partial charge in [0, 0.05) is 11.1 Å². The zero-order chi connectivity index (χ0) is 16.2. The van der Waals surface area contributed by atoms with Crippen LogP contribution < -0.4 is 10.1 Å². The van der Waals surface area contributed by atoms with Gasteiger partial charge >= 0.3 is 0 Å². The van der Waals surface area contributed by atoms with Gasteiger partial charge in [0.15, 0.2) is 0 Å². The molecule has 1 aromatic carbocycles. The molecule has 1 saturated carbocycles. The molecule has 1 aliphatic rings. The summed E-state index contributed by atoms with van der Waals surface area (Å²) in [5, 5.41) is 7.82. The molecule has 1 aliphatic carbocycles. The van der Waals surface area contributed by atoms with Gasteiger partial charge in [-0.1, -0.05) is 30.9 Å². The maximum absolute atomic E-state index is 12.6. The van der Waals surface area contributed by atoms with Crippen LogP contribution in [-0.4, -0.2) is 22.8 Å². The van der Waals surface area contributed by atoms with Crippen molar-refractivity contribution in [2.75, 3.05) is 12.4 Å². The fourth-order valence-electron chi connectivity index (χ4n) is 3.07. The van der Waals surface area contributed by atoms with Gasteiger partial charge in [0.1, 0.15) is 11.6 Å². The fourth-order valence-corrected chi connectivity index (χ4v) is 3.24. The molecule has 0 saturated heterocycles. The molecule has 1 amide bonds. The standard InChI is InChI=1S/C17H20ClN3O2/c1-23-15-8-7-12(18)11-14(15)17(22)20-16-9-10-19-21(16)13-5-3-2-4-6-13/h7-11,13H,2-6H2,1H3,(H,20,22). The monoisotopic (exact) mass is 333 g/mol. The highest BCUT2D eigenvalue weighted by atomic mass is 35.5. The molecule has 0 unspecified atom stereocenters. The zero-order valence-corrected chi connectivity index (χ0v) is 13.8. The lowest BCUT2D eigenvalue weighted by molar-refractivity contribution is 0.102. The minimum atomic E-state index is -0.248. The van der Waals surface area contributed by atoms with Crippen LogP contribution in [0.2, 0.25) is 5.02 Å². The number of halogens is 1. The van der Waals surface area contributed by atoms with Crippen LogP contribution in [0.25, 0.3) is 0 Å². The molecule has 1 heterocycles. The molecular weight excluding hydrogens is 314 g/mol. The van der Waals surface area contributed by atoms with E-state index in [1.54, 1.807) is 24.4 Å². The average Bonchev–Trinajstić information content (AvgIpc) is 3.03. The molecule has 0 aliphatic heterocycles. The lowest BCUT2D eigenvalue weighted by Crippen LogP contribution is -2.20. The Morgan fingerprint density at radius 1 is 1.30 bits per heavy atom. The number of methoxy groups -OCH3 is 1. The normalized spacial score (nSPS) is 15.4. The summed E-state index contributed by atoms with van der Waals surface area (Å²) in [6, 6.07) is 7.18. The Balaban J connectivity index is 1.81. The summed E-state index contributed by atoms with van der Waals surface area (Å²) in [5.74, 6) is 0.960. The third kappa shape index (κ3) is 3.50. The highest BCUT2D eigenvalue weighted by Gasteiger charge is 2.20. The maximum Gasteiger partial charge on any atom is 0.260 e. The molecule has 2 aromatic rings. The molecule has 0 bridgehead atoms. The molecule has 0 atom stereocenters. The average molecular weight is 334 g/mol. The van der Waals surface area contributed by atoms with Crippen molar-refractivity contribution < 1.29 is 9.53 Å². The van der Waals surface area contributed by atoms with Gasteiger partial charge in [-0.05, 0) is 31.0 Å².